The number of benzene rings is 1. The van der Waals surface area contributed by atoms with Crippen molar-refractivity contribution < 1.29 is 27.8 Å². The summed E-state index contributed by atoms with van der Waals surface area (Å²) in [5.41, 5.74) is -0.344. The van der Waals surface area contributed by atoms with Crippen LogP contribution in [-0.4, -0.2) is 80.8 Å². The molecule has 0 radical (unpaired) electrons. The van der Waals surface area contributed by atoms with Gasteiger partial charge in [-0.3, -0.25) is 4.79 Å². The van der Waals surface area contributed by atoms with Gasteiger partial charge < -0.3 is 29.3 Å². The van der Waals surface area contributed by atoms with Gasteiger partial charge in [0.2, 0.25) is 5.96 Å². The van der Waals surface area contributed by atoms with Crippen molar-refractivity contribution in [2.75, 3.05) is 52.8 Å². The van der Waals surface area contributed by atoms with Crippen molar-refractivity contribution in [2.24, 2.45) is 9.98 Å². The standard InChI is InChI=1S/C23H28F2N6O4S/c1-14(35-13-15-19(24)16(33-4)10-17(34-5)20(15)25)11-27-22(26-2)29-23-28-12-18(36-23)21(32)31-8-6-30(3)7-9-31/h10-12H,2,6-9,13H2,1,3-5H3,(H,27,28,29)/b14-11+. The average Bonchev–Trinajstić information content (AvgIpc) is 3.35. The van der Waals surface area contributed by atoms with Gasteiger partial charge in [-0.05, 0) is 20.7 Å². The summed E-state index contributed by atoms with van der Waals surface area (Å²) in [6.07, 6.45) is 2.82. The minimum Gasteiger partial charge on any atom is -0.494 e. The minimum atomic E-state index is -0.882. The number of piperazine rings is 1. The topological polar surface area (TPSA) is 101 Å². The van der Waals surface area contributed by atoms with E-state index in [1.807, 2.05) is 7.05 Å². The lowest BCUT2D eigenvalue weighted by atomic mass is 10.1. The summed E-state index contributed by atoms with van der Waals surface area (Å²) in [5, 5.41) is 3.30. The van der Waals surface area contributed by atoms with E-state index in [9.17, 15) is 13.6 Å². The number of ether oxygens (including phenoxy) is 3. The summed E-state index contributed by atoms with van der Waals surface area (Å²) in [4.78, 5) is 29.3. The van der Waals surface area contributed by atoms with Crippen molar-refractivity contribution >= 4 is 35.1 Å². The molecule has 36 heavy (non-hydrogen) atoms. The molecule has 194 valence electrons. The van der Waals surface area contributed by atoms with Gasteiger partial charge in [0.1, 0.15) is 17.2 Å². The Morgan fingerprint density at radius 3 is 2.44 bits per heavy atom. The Morgan fingerprint density at radius 1 is 1.22 bits per heavy atom. The van der Waals surface area contributed by atoms with Crippen LogP contribution in [0.4, 0.5) is 13.9 Å². The van der Waals surface area contributed by atoms with Crippen molar-refractivity contribution in [3.05, 3.63) is 46.3 Å². The first-order chi connectivity index (χ1) is 17.3. The van der Waals surface area contributed by atoms with Crippen LogP contribution in [0.15, 0.2) is 34.2 Å². The number of guanidine groups is 1. The molecule has 3 rings (SSSR count). The van der Waals surface area contributed by atoms with Crippen molar-refractivity contribution in [1.82, 2.24) is 14.8 Å². The smallest absolute Gasteiger partial charge is 0.265 e. The lowest BCUT2D eigenvalue weighted by Gasteiger charge is -2.31. The molecule has 13 heteroatoms. The molecule has 1 fully saturated rings. The van der Waals surface area contributed by atoms with Gasteiger partial charge in [-0.1, -0.05) is 11.3 Å². The maximum absolute atomic E-state index is 14.5. The number of hydrogen-bond acceptors (Lipinski definition) is 8. The number of hydrogen-bond donors (Lipinski definition) is 1. The Morgan fingerprint density at radius 2 is 1.86 bits per heavy atom. The number of aromatic nitrogens is 1. The third-order valence-corrected chi connectivity index (χ3v) is 6.25. The van der Waals surface area contributed by atoms with Crippen LogP contribution in [-0.2, 0) is 11.3 Å². The van der Waals surface area contributed by atoms with E-state index in [0.29, 0.717) is 23.1 Å². The normalized spacial score (nSPS) is 15.0. The molecule has 1 N–H and O–H groups in total. The molecule has 0 aliphatic carbocycles. The summed E-state index contributed by atoms with van der Waals surface area (Å²) in [7, 11) is 4.56. The number of likely N-dealkylation sites (N-methyl/N-ethyl adjacent to an activating group) is 1. The molecular formula is C23H28F2N6O4S. The van der Waals surface area contributed by atoms with Gasteiger partial charge >= 0.3 is 0 Å². The monoisotopic (exact) mass is 522 g/mol. The van der Waals surface area contributed by atoms with Gasteiger partial charge in [-0.25, -0.2) is 23.7 Å². The van der Waals surface area contributed by atoms with Crippen LogP contribution in [0.3, 0.4) is 0 Å². The van der Waals surface area contributed by atoms with Crippen molar-refractivity contribution in [3.8, 4) is 11.5 Å². The molecule has 0 spiro atoms. The Balaban J connectivity index is 1.64. The van der Waals surface area contributed by atoms with E-state index in [0.717, 1.165) is 19.2 Å². The SMILES string of the molecule is C=NC(=N/C=C(\C)OCc1c(F)c(OC)cc(OC)c1F)Nc1ncc(C(=O)N2CCN(C)CC2)s1. The Labute approximate surface area is 211 Å². The highest BCUT2D eigenvalue weighted by Crippen LogP contribution is 2.32. The Hall–Kier alpha value is -3.58. The van der Waals surface area contributed by atoms with Crippen molar-refractivity contribution in [2.45, 2.75) is 13.5 Å². The zero-order valence-corrected chi connectivity index (χ0v) is 21.3. The number of nitrogens with one attached hydrogen (secondary N) is 1. The number of rotatable bonds is 8. The quantitative estimate of drug-likeness (QED) is 0.322. The fourth-order valence-corrected chi connectivity index (χ4v) is 4.02. The van der Waals surface area contributed by atoms with Crippen molar-refractivity contribution in [3.63, 3.8) is 0 Å². The van der Waals surface area contributed by atoms with Gasteiger partial charge in [0.05, 0.1) is 32.2 Å². The second-order valence-electron chi connectivity index (χ2n) is 7.78. The van der Waals surface area contributed by atoms with E-state index in [1.54, 1.807) is 11.8 Å². The molecule has 10 nitrogen and oxygen atoms in total. The third kappa shape index (κ3) is 6.55. The van der Waals surface area contributed by atoms with Gasteiger partial charge in [-0.2, -0.15) is 0 Å². The summed E-state index contributed by atoms with van der Waals surface area (Å²) in [6, 6.07) is 1.12. The molecule has 1 aromatic carbocycles. The van der Waals surface area contributed by atoms with Gasteiger partial charge in [0.25, 0.3) is 5.91 Å². The minimum absolute atomic E-state index is 0.0727. The maximum atomic E-state index is 14.5. The molecule has 1 aliphatic rings. The van der Waals surface area contributed by atoms with Crippen LogP contribution in [0.1, 0.15) is 22.2 Å². The first-order valence-electron chi connectivity index (χ1n) is 10.9. The molecule has 0 bridgehead atoms. The van der Waals surface area contributed by atoms with Crippen molar-refractivity contribution in [1.29, 1.82) is 0 Å². The molecule has 1 saturated heterocycles. The molecule has 2 aromatic rings. The van der Waals surface area contributed by atoms with E-state index in [2.05, 4.69) is 31.9 Å². The van der Waals surface area contributed by atoms with E-state index in [1.165, 1.54) is 38.0 Å². The van der Waals surface area contributed by atoms with Gasteiger partial charge in [0.15, 0.2) is 28.3 Å². The number of methoxy groups -OCH3 is 2. The summed E-state index contributed by atoms with van der Waals surface area (Å²) in [5.74, 6) is -1.81. The highest BCUT2D eigenvalue weighted by atomic mass is 32.1. The third-order valence-electron chi connectivity index (χ3n) is 5.35. The molecule has 0 saturated carbocycles. The van der Waals surface area contributed by atoms with Crippen LogP contribution < -0.4 is 14.8 Å². The van der Waals surface area contributed by atoms with E-state index >= 15 is 0 Å². The lowest BCUT2D eigenvalue weighted by Crippen LogP contribution is -2.46. The fourth-order valence-electron chi connectivity index (χ4n) is 3.24. The first-order valence-corrected chi connectivity index (χ1v) is 11.7. The molecule has 0 atom stereocenters. The van der Waals surface area contributed by atoms with Gasteiger partial charge in [-0.15, -0.1) is 0 Å². The van der Waals surface area contributed by atoms with Gasteiger partial charge in [0, 0.05) is 32.2 Å². The lowest BCUT2D eigenvalue weighted by molar-refractivity contribution is 0.0668. The molecule has 1 amide bonds. The Kier molecular flexibility index (Phi) is 9.31. The number of allylic oxidation sites excluding steroid dienone is 1. The maximum Gasteiger partial charge on any atom is 0.265 e. The van der Waals surface area contributed by atoms with Crippen LogP contribution in [0.25, 0.3) is 0 Å². The fraction of sp³-hybridized carbons (Fsp3) is 0.391. The van der Waals surface area contributed by atoms with Crippen LogP contribution in [0.2, 0.25) is 0 Å². The number of thiazole rings is 1. The summed E-state index contributed by atoms with van der Waals surface area (Å²) >= 11 is 1.18. The zero-order chi connectivity index (χ0) is 26.2. The predicted octanol–water partition coefficient (Wildman–Crippen LogP) is 3.37. The second kappa shape index (κ2) is 12.4. The number of anilines is 1. The highest BCUT2D eigenvalue weighted by molar-refractivity contribution is 7.17. The molecule has 1 aliphatic heterocycles. The number of carbonyl (C=O) groups is 1. The summed E-state index contributed by atoms with van der Waals surface area (Å²) < 4.78 is 44.3. The molecule has 0 unspecified atom stereocenters. The average molecular weight is 523 g/mol. The highest BCUT2D eigenvalue weighted by Gasteiger charge is 2.23. The molecule has 2 heterocycles. The Bertz CT molecular complexity index is 1130. The largest absolute Gasteiger partial charge is 0.494 e. The van der Waals surface area contributed by atoms with Crippen LogP contribution in [0, 0.1) is 11.6 Å². The van der Waals surface area contributed by atoms with E-state index < -0.39 is 18.2 Å². The zero-order valence-electron chi connectivity index (χ0n) is 20.5. The number of halogens is 2. The first kappa shape index (κ1) is 27.0. The molecule has 1 aromatic heterocycles. The number of amides is 1. The number of carbonyl (C=O) groups excluding carboxylic acids is 1. The van der Waals surface area contributed by atoms with Crippen LogP contribution >= 0.6 is 11.3 Å². The van der Waals surface area contributed by atoms with Crippen LogP contribution in [0.5, 0.6) is 11.5 Å². The number of aliphatic imine (C=N–C) groups is 2. The van der Waals surface area contributed by atoms with E-state index in [4.69, 9.17) is 14.2 Å². The predicted molar refractivity (Wildman–Crippen MR) is 134 cm³/mol. The summed E-state index contributed by atoms with van der Waals surface area (Å²) in [6.45, 7) is 7.59. The molecular weight excluding hydrogens is 494 g/mol. The number of nitrogens with zero attached hydrogens (tertiary/aromatic N) is 5. The van der Waals surface area contributed by atoms with E-state index in [-0.39, 0.29) is 34.7 Å². The second-order valence-corrected chi connectivity index (χ2v) is 8.81.